The Bertz CT molecular complexity index is 884. The Morgan fingerprint density at radius 2 is 1.92 bits per heavy atom. The number of nitrogens with zero attached hydrogens (tertiary/aromatic N) is 1. The maximum Gasteiger partial charge on any atom is 0.259 e. The van der Waals surface area contributed by atoms with E-state index in [-0.39, 0.29) is 16.6 Å². The predicted molar refractivity (Wildman–Crippen MR) is 94.6 cm³/mol. The van der Waals surface area contributed by atoms with Crippen LogP contribution in [0.25, 0.3) is 0 Å². The van der Waals surface area contributed by atoms with Crippen LogP contribution in [0.1, 0.15) is 28.8 Å². The van der Waals surface area contributed by atoms with E-state index in [1.807, 2.05) is 0 Å². The van der Waals surface area contributed by atoms with Crippen molar-refractivity contribution in [3.8, 4) is 5.75 Å². The number of sulfonamides is 1. The van der Waals surface area contributed by atoms with Crippen LogP contribution in [0.2, 0.25) is 0 Å². The lowest BCUT2D eigenvalue weighted by Crippen LogP contribution is -2.23. The van der Waals surface area contributed by atoms with Crippen molar-refractivity contribution in [3.63, 3.8) is 0 Å². The molecule has 0 aliphatic rings. The number of nitrogens with one attached hydrogen (secondary N) is 1. The summed E-state index contributed by atoms with van der Waals surface area (Å²) in [7, 11) is -0.841. The number of benzene rings is 1. The van der Waals surface area contributed by atoms with Gasteiger partial charge in [0.1, 0.15) is 22.2 Å². The molecule has 0 spiro atoms. The van der Waals surface area contributed by atoms with Gasteiger partial charge in [-0.3, -0.25) is 4.79 Å². The van der Waals surface area contributed by atoms with Crippen LogP contribution < -0.4 is 10.1 Å². The molecule has 0 atom stereocenters. The van der Waals surface area contributed by atoms with Crippen molar-refractivity contribution in [2.75, 3.05) is 26.0 Å². The van der Waals surface area contributed by atoms with E-state index in [1.54, 1.807) is 32.9 Å². The van der Waals surface area contributed by atoms with E-state index in [4.69, 9.17) is 9.15 Å². The highest BCUT2D eigenvalue weighted by Gasteiger charge is 2.23. The van der Waals surface area contributed by atoms with Crippen molar-refractivity contribution < 1.29 is 22.4 Å². The summed E-state index contributed by atoms with van der Waals surface area (Å²) < 4.78 is 36.9. The number of aryl methyl sites for hydroxylation is 2. The molecule has 1 aromatic carbocycles. The molecule has 1 heterocycles. The molecule has 7 nitrogen and oxygen atoms in total. The zero-order chi connectivity index (χ0) is 18.8. The predicted octanol–water partition coefficient (Wildman–Crippen LogP) is 2.80. The molecule has 1 aromatic heterocycles. The minimum Gasteiger partial charge on any atom is -0.492 e. The average Bonchev–Trinajstić information content (AvgIpc) is 2.87. The molecule has 25 heavy (non-hydrogen) atoms. The summed E-state index contributed by atoms with van der Waals surface area (Å²) in [6, 6.07) is 6.15. The average molecular weight is 366 g/mol. The number of furan rings is 1. The molecule has 0 fully saturated rings. The molecule has 8 heteroatoms. The summed E-state index contributed by atoms with van der Waals surface area (Å²) in [4.78, 5) is 12.4. The monoisotopic (exact) mass is 366 g/mol. The molecule has 0 bridgehead atoms. The van der Waals surface area contributed by atoms with E-state index in [2.05, 4.69) is 5.32 Å². The first-order valence-electron chi connectivity index (χ1n) is 7.74. The van der Waals surface area contributed by atoms with Gasteiger partial charge in [-0.25, -0.2) is 12.7 Å². The smallest absolute Gasteiger partial charge is 0.259 e. The highest BCUT2D eigenvalue weighted by molar-refractivity contribution is 7.89. The summed E-state index contributed by atoms with van der Waals surface area (Å²) in [5.74, 6) is 1.00. The van der Waals surface area contributed by atoms with Gasteiger partial charge in [0, 0.05) is 19.8 Å². The van der Waals surface area contributed by atoms with E-state index in [9.17, 15) is 13.2 Å². The van der Waals surface area contributed by atoms with Gasteiger partial charge in [-0.2, -0.15) is 0 Å². The third-order valence-corrected chi connectivity index (χ3v) is 5.38. The van der Waals surface area contributed by atoms with Crippen LogP contribution in [0.5, 0.6) is 5.75 Å². The fourth-order valence-corrected chi connectivity index (χ4v) is 3.36. The fraction of sp³-hybridized carbons (Fsp3) is 0.353. The number of hydrogen-bond acceptors (Lipinski definition) is 5. The minimum atomic E-state index is -3.72. The van der Waals surface area contributed by atoms with Crippen molar-refractivity contribution >= 4 is 21.6 Å². The topological polar surface area (TPSA) is 88.8 Å². The number of hydrogen-bond donors (Lipinski definition) is 1. The first-order chi connectivity index (χ1) is 11.7. The standard InChI is InChI=1S/C17H22N2O5S/c1-6-23-15-8-7-13(10-16(15)25(21,22)19(4)5)18-17(20)14-9-11(2)24-12(14)3/h7-10H,6H2,1-5H3,(H,18,20). The number of amides is 1. The molecule has 0 aliphatic heterocycles. The Hall–Kier alpha value is -2.32. The molecule has 0 saturated heterocycles. The van der Waals surface area contributed by atoms with E-state index in [0.717, 1.165) is 4.31 Å². The molecule has 0 radical (unpaired) electrons. The second kappa shape index (κ2) is 7.28. The number of rotatable bonds is 6. The van der Waals surface area contributed by atoms with E-state index in [1.165, 1.54) is 26.2 Å². The van der Waals surface area contributed by atoms with Crippen LogP contribution in [0, 0.1) is 13.8 Å². The van der Waals surface area contributed by atoms with Gasteiger partial charge in [0.25, 0.3) is 5.91 Å². The minimum absolute atomic E-state index is 0.00255. The van der Waals surface area contributed by atoms with Gasteiger partial charge >= 0.3 is 0 Å². The van der Waals surface area contributed by atoms with Crippen LogP contribution in [0.15, 0.2) is 33.6 Å². The van der Waals surface area contributed by atoms with Gasteiger partial charge in [-0.15, -0.1) is 0 Å². The summed E-state index contributed by atoms with van der Waals surface area (Å²) in [5, 5.41) is 2.70. The Balaban J connectivity index is 2.40. The van der Waals surface area contributed by atoms with Gasteiger partial charge in [-0.1, -0.05) is 0 Å². The molecule has 0 saturated carbocycles. The molecule has 2 rings (SSSR count). The second-order valence-corrected chi connectivity index (χ2v) is 7.78. The highest BCUT2D eigenvalue weighted by atomic mass is 32.2. The quantitative estimate of drug-likeness (QED) is 0.849. The van der Waals surface area contributed by atoms with Gasteiger partial charge in [0.15, 0.2) is 0 Å². The lowest BCUT2D eigenvalue weighted by Gasteiger charge is -2.16. The molecule has 136 valence electrons. The normalized spacial score (nSPS) is 11.6. The molecule has 1 amide bonds. The second-order valence-electron chi connectivity index (χ2n) is 5.66. The van der Waals surface area contributed by atoms with Crippen molar-refractivity contribution in [1.82, 2.24) is 4.31 Å². The van der Waals surface area contributed by atoms with Crippen LogP contribution in [-0.2, 0) is 10.0 Å². The zero-order valence-electron chi connectivity index (χ0n) is 14.9. The van der Waals surface area contributed by atoms with Crippen LogP contribution in [0.3, 0.4) is 0 Å². The molecule has 1 N–H and O–H groups in total. The number of anilines is 1. The zero-order valence-corrected chi connectivity index (χ0v) is 15.7. The van der Waals surface area contributed by atoms with Crippen LogP contribution in [0.4, 0.5) is 5.69 Å². The Kier molecular flexibility index (Phi) is 5.54. The van der Waals surface area contributed by atoms with Crippen molar-refractivity contribution in [3.05, 3.63) is 41.3 Å². The summed E-state index contributed by atoms with van der Waals surface area (Å²) in [5.41, 5.74) is 0.760. The molecular formula is C17H22N2O5S. The van der Waals surface area contributed by atoms with Gasteiger partial charge in [-0.05, 0) is 45.0 Å². The fourth-order valence-electron chi connectivity index (χ4n) is 2.31. The summed E-state index contributed by atoms with van der Waals surface area (Å²) in [6.45, 7) is 5.55. The third-order valence-electron chi connectivity index (χ3n) is 3.55. The number of ether oxygens (including phenoxy) is 1. The van der Waals surface area contributed by atoms with Crippen LogP contribution in [-0.4, -0.2) is 39.3 Å². The number of carbonyl (C=O) groups excluding carboxylic acids is 1. The van der Waals surface area contributed by atoms with Gasteiger partial charge < -0.3 is 14.5 Å². The third kappa shape index (κ3) is 4.02. The number of carbonyl (C=O) groups is 1. The van der Waals surface area contributed by atoms with Gasteiger partial charge in [0.2, 0.25) is 10.0 Å². The Morgan fingerprint density at radius 1 is 1.24 bits per heavy atom. The first kappa shape index (κ1) is 19.0. The molecular weight excluding hydrogens is 344 g/mol. The molecule has 2 aromatic rings. The maximum atomic E-state index is 12.5. The summed E-state index contributed by atoms with van der Waals surface area (Å²) in [6.07, 6.45) is 0. The molecule has 0 aliphatic carbocycles. The largest absolute Gasteiger partial charge is 0.492 e. The van der Waals surface area contributed by atoms with Crippen molar-refractivity contribution in [1.29, 1.82) is 0 Å². The van der Waals surface area contributed by atoms with E-state index >= 15 is 0 Å². The molecule has 0 unspecified atom stereocenters. The lowest BCUT2D eigenvalue weighted by molar-refractivity contribution is 0.102. The highest BCUT2D eigenvalue weighted by Crippen LogP contribution is 2.29. The maximum absolute atomic E-state index is 12.5. The van der Waals surface area contributed by atoms with Gasteiger partial charge in [0.05, 0.1) is 12.2 Å². The Labute approximate surface area is 147 Å². The Morgan fingerprint density at radius 3 is 2.44 bits per heavy atom. The van der Waals surface area contributed by atoms with E-state index < -0.39 is 10.0 Å². The van der Waals surface area contributed by atoms with Crippen LogP contribution >= 0.6 is 0 Å². The summed E-state index contributed by atoms with van der Waals surface area (Å²) >= 11 is 0. The van der Waals surface area contributed by atoms with Crippen molar-refractivity contribution in [2.24, 2.45) is 0 Å². The van der Waals surface area contributed by atoms with E-state index in [0.29, 0.717) is 29.4 Å². The first-order valence-corrected chi connectivity index (χ1v) is 9.18. The SMILES string of the molecule is CCOc1ccc(NC(=O)c2cc(C)oc2C)cc1S(=O)(=O)N(C)C. The lowest BCUT2D eigenvalue weighted by atomic mass is 10.2. The van der Waals surface area contributed by atoms with Crippen molar-refractivity contribution in [2.45, 2.75) is 25.7 Å².